The molecule has 2 aromatic heterocycles. The van der Waals surface area contributed by atoms with Crippen molar-refractivity contribution in [1.82, 2.24) is 24.6 Å². The second kappa shape index (κ2) is 16.2. The molecule has 1 aliphatic carbocycles. The minimum absolute atomic E-state index is 0.0559. The van der Waals surface area contributed by atoms with E-state index in [4.69, 9.17) is 24.3 Å². The topological polar surface area (TPSA) is 190 Å². The van der Waals surface area contributed by atoms with Crippen LogP contribution in [-0.4, -0.2) is 57.3 Å². The summed E-state index contributed by atoms with van der Waals surface area (Å²) in [5.74, 6) is -0.506. The number of H-pyrrole nitrogens is 1. The van der Waals surface area contributed by atoms with E-state index in [0.717, 1.165) is 31.3 Å². The van der Waals surface area contributed by atoms with Gasteiger partial charge in [-0.25, -0.2) is 9.55 Å². The minimum atomic E-state index is -4.20. The third-order valence-electron chi connectivity index (χ3n) is 7.83. The molecule has 0 aliphatic heterocycles. The van der Waals surface area contributed by atoms with Gasteiger partial charge in [-0.3, -0.25) is 28.5 Å². The maximum Gasteiger partial charge on any atom is 0.459 e. The number of ether oxygens (including phenoxy) is 2. The first kappa shape index (κ1) is 35.8. The number of nitrogens with one attached hydrogen (secondary N) is 2. The van der Waals surface area contributed by atoms with E-state index in [1.165, 1.54) is 13.3 Å². The number of hydrogen-bond donors (Lipinski definition) is 3. The number of carbonyl (C=O) groups excluding carboxylic acids is 2. The fourth-order valence-electron chi connectivity index (χ4n) is 5.19. The largest absolute Gasteiger partial charge is 0.465 e. The molecule has 1 aromatic carbocycles. The van der Waals surface area contributed by atoms with Crippen molar-refractivity contribution in [3.05, 3.63) is 52.6 Å². The van der Waals surface area contributed by atoms with E-state index in [1.807, 2.05) is 6.92 Å². The predicted molar refractivity (Wildman–Crippen MR) is 177 cm³/mol. The van der Waals surface area contributed by atoms with Crippen LogP contribution in [-0.2, 0) is 28.2 Å². The SMILES string of the molecule is CCCC(=O)OC[C@@]1(CO[P@@](=O)(N[C@@H](C)C(=O)OCC(CCC)CCC)Oc2ccccc2)C/C1=C/n1cnc2c(=O)[nH]c(N)nc21. The number of nitrogens with two attached hydrogens (primary N) is 1. The summed E-state index contributed by atoms with van der Waals surface area (Å²) >= 11 is 0. The number of imidazole rings is 1. The number of anilines is 1. The van der Waals surface area contributed by atoms with Gasteiger partial charge in [0, 0.05) is 12.6 Å². The normalized spacial score (nSPS) is 18.6. The molecule has 15 heteroatoms. The van der Waals surface area contributed by atoms with Gasteiger partial charge in [0.05, 0.1) is 18.6 Å². The maximum atomic E-state index is 14.3. The number of esters is 2. The van der Waals surface area contributed by atoms with Crippen molar-refractivity contribution in [3.8, 4) is 5.75 Å². The van der Waals surface area contributed by atoms with Crippen LogP contribution in [0.3, 0.4) is 0 Å². The van der Waals surface area contributed by atoms with Gasteiger partial charge in [-0.15, -0.1) is 0 Å². The van der Waals surface area contributed by atoms with Gasteiger partial charge in [-0.2, -0.15) is 10.1 Å². The summed E-state index contributed by atoms with van der Waals surface area (Å²) in [5.41, 5.74) is 5.51. The Morgan fingerprint density at radius 1 is 1.13 bits per heavy atom. The Balaban J connectivity index is 1.56. The lowest BCUT2D eigenvalue weighted by molar-refractivity contribution is -0.147. The summed E-state index contributed by atoms with van der Waals surface area (Å²) in [6, 6.07) is 7.44. The van der Waals surface area contributed by atoms with E-state index in [2.05, 4.69) is 33.9 Å². The second-order valence-corrected chi connectivity index (χ2v) is 13.6. The molecule has 0 radical (unpaired) electrons. The van der Waals surface area contributed by atoms with Crippen molar-refractivity contribution in [3.63, 3.8) is 0 Å². The zero-order chi connectivity index (χ0) is 34.0. The van der Waals surface area contributed by atoms with E-state index < -0.39 is 30.7 Å². The molecular weight excluding hydrogens is 627 g/mol. The highest BCUT2D eigenvalue weighted by Gasteiger charge is 2.52. The minimum Gasteiger partial charge on any atom is -0.465 e. The second-order valence-electron chi connectivity index (χ2n) is 11.9. The quantitative estimate of drug-likeness (QED) is 0.111. The Kier molecular flexibility index (Phi) is 12.4. The van der Waals surface area contributed by atoms with Gasteiger partial charge >= 0.3 is 19.7 Å². The van der Waals surface area contributed by atoms with Gasteiger partial charge in [0.25, 0.3) is 5.56 Å². The Bertz CT molecular complexity index is 1650. The van der Waals surface area contributed by atoms with E-state index in [9.17, 15) is 18.9 Å². The van der Waals surface area contributed by atoms with Crippen LogP contribution < -0.4 is 20.9 Å². The monoisotopic (exact) mass is 672 g/mol. The molecule has 0 amide bonds. The highest BCUT2D eigenvalue weighted by atomic mass is 31.2. The number of rotatable bonds is 19. The van der Waals surface area contributed by atoms with Crippen molar-refractivity contribution in [2.45, 2.75) is 78.7 Å². The molecule has 4 N–H and O–H groups in total. The van der Waals surface area contributed by atoms with E-state index in [1.54, 1.807) is 41.1 Å². The standard InChI is InChI=1S/C32H45N6O8P/c1-5-11-23(12-6-2)18-43-30(41)22(4)37-47(42,46-25-14-9-8-10-15-25)45-20-32(19-44-26(39)13-7-3)16-24(32)17-38-21-34-27-28(38)35-31(33)36-29(27)40/h8-10,14-15,17,21-23H,5-7,11-13,16,18-20H2,1-4H3,(H,37,42)(H3,33,35,36,40)/b24-17-/t22-,32+,47-/m0/s1. The number of aromatic nitrogens is 4. The Morgan fingerprint density at radius 2 is 1.85 bits per heavy atom. The van der Waals surface area contributed by atoms with Gasteiger partial charge in [0.15, 0.2) is 11.2 Å². The van der Waals surface area contributed by atoms with Crippen molar-refractivity contribution < 1.29 is 32.7 Å². The molecule has 4 rings (SSSR count). The first-order valence-electron chi connectivity index (χ1n) is 16.0. The number of nitrogen functional groups attached to an aromatic ring is 1. The summed E-state index contributed by atoms with van der Waals surface area (Å²) in [7, 11) is -4.20. The van der Waals surface area contributed by atoms with Crippen molar-refractivity contribution in [2.75, 3.05) is 25.6 Å². The molecule has 3 atom stereocenters. The summed E-state index contributed by atoms with van der Waals surface area (Å²) in [5, 5.41) is 2.74. The summed E-state index contributed by atoms with van der Waals surface area (Å²) in [4.78, 5) is 48.4. The van der Waals surface area contributed by atoms with Crippen LogP contribution in [0.2, 0.25) is 0 Å². The number of para-hydroxylation sites is 1. The maximum absolute atomic E-state index is 14.3. The van der Waals surface area contributed by atoms with Crippen molar-refractivity contribution in [2.24, 2.45) is 11.3 Å². The Labute approximate surface area is 274 Å². The highest BCUT2D eigenvalue weighted by Crippen LogP contribution is 2.56. The molecule has 1 aliphatic rings. The summed E-state index contributed by atoms with van der Waals surface area (Å²) in [6.07, 6.45) is 8.24. The summed E-state index contributed by atoms with van der Waals surface area (Å²) in [6.45, 7) is 7.62. The number of benzene rings is 1. The number of nitrogens with zero attached hydrogens (tertiary/aromatic N) is 3. The molecule has 14 nitrogen and oxygen atoms in total. The molecule has 0 unspecified atom stereocenters. The highest BCUT2D eigenvalue weighted by molar-refractivity contribution is 7.52. The lowest BCUT2D eigenvalue weighted by atomic mass is 9.99. The van der Waals surface area contributed by atoms with Crippen molar-refractivity contribution >= 4 is 43.0 Å². The zero-order valence-corrected chi connectivity index (χ0v) is 28.3. The average molecular weight is 673 g/mol. The van der Waals surface area contributed by atoms with E-state index in [-0.39, 0.29) is 61.0 Å². The summed E-state index contributed by atoms with van der Waals surface area (Å²) < 4.78 is 38.8. The smallest absolute Gasteiger partial charge is 0.459 e. The number of hydrogen-bond acceptors (Lipinski definition) is 11. The lowest BCUT2D eigenvalue weighted by Crippen LogP contribution is -2.36. The van der Waals surface area contributed by atoms with E-state index in [0.29, 0.717) is 12.8 Å². The molecule has 0 saturated heterocycles. The van der Waals surface area contributed by atoms with Gasteiger partial charge in [0.2, 0.25) is 5.95 Å². The molecule has 0 bridgehead atoms. The number of carbonyl (C=O) groups is 2. The lowest BCUT2D eigenvalue weighted by Gasteiger charge is -2.25. The predicted octanol–water partition coefficient (Wildman–Crippen LogP) is 5.22. The fourth-order valence-corrected chi connectivity index (χ4v) is 6.77. The van der Waals surface area contributed by atoms with Crippen LogP contribution in [0.25, 0.3) is 17.4 Å². The Hall–Kier alpha value is -4.00. The van der Waals surface area contributed by atoms with Gasteiger partial charge < -0.3 is 19.7 Å². The molecule has 1 saturated carbocycles. The molecular formula is C32H45N6O8P. The zero-order valence-electron chi connectivity index (χ0n) is 27.4. The molecule has 47 heavy (non-hydrogen) atoms. The van der Waals surface area contributed by atoms with E-state index >= 15 is 0 Å². The van der Waals surface area contributed by atoms with Crippen LogP contribution in [0.4, 0.5) is 5.95 Å². The Morgan fingerprint density at radius 3 is 2.53 bits per heavy atom. The average Bonchev–Trinajstić information content (AvgIpc) is 3.57. The molecule has 256 valence electrons. The number of aromatic amines is 1. The van der Waals surface area contributed by atoms with Crippen LogP contribution in [0, 0.1) is 11.3 Å². The van der Waals surface area contributed by atoms with Crippen LogP contribution in [0.1, 0.15) is 72.6 Å². The molecule has 2 heterocycles. The third-order valence-corrected chi connectivity index (χ3v) is 9.46. The first-order valence-corrected chi connectivity index (χ1v) is 17.6. The third kappa shape index (κ3) is 9.75. The van der Waals surface area contributed by atoms with Crippen LogP contribution in [0.5, 0.6) is 5.75 Å². The van der Waals surface area contributed by atoms with Gasteiger partial charge in [-0.1, -0.05) is 51.8 Å². The number of fused-ring (bicyclic) bond motifs is 1. The molecule has 0 spiro atoms. The first-order chi connectivity index (χ1) is 22.5. The molecule has 1 fully saturated rings. The van der Waals surface area contributed by atoms with Gasteiger partial charge in [-0.05, 0) is 56.2 Å². The fraction of sp³-hybridized carbons (Fsp3) is 0.531. The van der Waals surface area contributed by atoms with Crippen LogP contribution >= 0.6 is 7.75 Å². The van der Waals surface area contributed by atoms with Crippen LogP contribution in [0.15, 0.2) is 47.0 Å². The van der Waals surface area contributed by atoms with Gasteiger partial charge in [0.1, 0.15) is 24.7 Å². The van der Waals surface area contributed by atoms with Crippen molar-refractivity contribution in [1.29, 1.82) is 0 Å². The molecule has 3 aromatic rings.